The Labute approximate surface area is 212 Å². The van der Waals surface area contributed by atoms with E-state index in [2.05, 4.69) is 39.0 Å². The molecule has 2 aromatic carbocycles. The fourth-order valence-electron chi connectivity index (χ4n) is 3.59. The first-order chi connectivity index (χ1) is 16.3. The molecular formula is C27H33NO4S2. The number of thiocarbonyl (C=S) groups is 1. The molecule has 5 nitrogen and oxygen atoms in total. The van der Waals surface area contributed by atoms with Crippen LogP contribution < -0.4 is 14.2 Å². The Morgan fingerprint density at radius 1 is 1.00 bits per heavy atom. The molecule has 0 aliphatic carbocycles. The van der Waals surface area contributed by atoms with Crippen LogP contribution >= 0.6 is 24.0 Å². The second-order valence-electron chi connectivity index (χ2n) is 8.31. The maximum Gasteiger partial charge on any atom is 0.266 e. The number of nitrogens with zero attached hydrogens (tertiary/aromatic N) is 1. The fourth-order valence-corrected chi connectivity index (χ4v) is 4.98. The van der Waals surface area contributed by atoms with Gasteiger partial charge < -0.3 is 14.2 Å². The van der Waals surface area contributed by atoms with Crippen molar-refractivity contribution in [3.8, 4) is 17.2 Å². The highest BCUT2D eigenvalue weighted by Gasteiger charge is 2.30. The van der Waals surface area contributed by atoms with Gasteiger partial charge in [-0.3, -0.25) is 9.69 Å². The van der Waals surface area contributed by atoms with Crippen LogP contribution in [0.3, 0.4) is 0 Å². The average molecular weight is 500 g/mol. The van der Waals surface area contributed by atoms with E-state index in [1.54, 1.807) is 4.90 Å². The van der Waals surface area contributed by atoms with Gasteiger partial charge in [0.15, 0.2) is 11.5 Å². The summed E-state index contributed by atoms with van der Waals surface area (Å²) < 4.78 is 18.5. The molecule has 0 bridgehead atoms. The number of hydrogen-bond donors (Lipinski definition) is 0. The Bertz CT molecular complexity index is 1060. The topological polar surface area (TPSA) is 48.0 Å². The molecule has 1 saturated heterocycles. The van der Waals surface area contributed by atoms with Gasteiger partial charge in [0, 0.05) is 13.0 Å². The molecule has 0 saturated carbocycles. The van der Waals surface area contributed by atoms with Gasteiger partial charge in [-0.25, -0.2) is 0 Å². The lowest BCUT2D eigenvalue weighted by Gasteiger charge is -2.16. The Kier molecular flexibility index (Phi) is 9.42. The number of benzene rings is 2. The SMILES string of the molecule is CCOc1cc(/C=C2\SC(=S)N(CC)C2=O)ccc1OCCCOc1cc(C)ccc1C(C)C. The van der Waals surface area contributed by atoms with Crippen molar-refractivity contribution in [3.05, 3.63) is 58.0 Å². The molecule has 1 fully saturated rings. The quantitative estimate of drug-likeness (QED) is 0.198. The van der Waals surface area contributed by atoms with Crippen LogP contribution in [0.25, 0.3) is 6.08 Å². The zero-order chi connectivity index (χ0) is 24.7. The second kappa shape index (κ2) is 12.3. The van der Waals surface area contributed by atoms with Crippen molar-refractivity contribution >= 4 is 40.3 Å². The van der Waals surface area contributed by atoms with Gasteiger partial charge in [0.25, 0.3) is 5.91 Å². The summed E-state index contributed by atoms with van der Waals surface area (Å²) in [5.74, 6) is 2.64. The molecule has 0 radical (unpaired) electrons. The zero-order valence-corrected chi connectivity index (χ0v) is 22.2. The Morgan fingerprint density at radius 3 is 2.38 bits per heavy atom. The van der Waals surface area contributed by atoms with Gasteiger partial charge >= 0.3 is 0 Å². The first-order valence-corrected chi connectivity index (χ1v) is 12.9. The molecule has 0 unspecified atom stereocenters. The van der Waals surface area contributed by atoms with Crippen LogP contribution in [-0.2, 0) is 4.79 Å². The minimum absolute atomic E-state index is 0.0509. The number of thioether (sulfide) groups is 1. The molecular weight excluding hydrogens is 466 g/mol. The standard InChI is InChI=1S/C27H33NO4S2/c1-6-28-26(29)25(34-27(28)33)17-20-10-12-22(24(16-20)30-7-2)31-13-8-14-32-23-15-19(5)9-11-21(23)18(3)4/h9-12,15-18H,6-8,13-14H2,1-5H3/b25-17-. The summed E-state index contributed by atoms with van der Waals surface area (Å²) in [4.78, 5) is 14.7. The first-order valence-electron chi connectivity index (χ1n) is 11.7. The summed E-state index contributed by atoms with van der Waals surface area (Å²) in [6.45, 7) is 12.5. The van der Waals surface area contributed by atoms with Crippen LogP contribution in [-0.4, -0.2) is 41.5 Å². The number of likely N-dealkylation sites (N-methyl/N-ethyl adjacent to an activating group) is 1. The molecule has 34 heavy (non-hydrogen) atoms. The second-order valence-corrected chi connectivity index (χ2v) is 9.99. The van der Waals surface area contributed by atoms with Crippen molar-refractivity contribution in [1.29, 1.82) is 0 Å². The van der Waals surface area contributed by atoms with Crippen LogP contribution in [0.5, 0.6) is 17.2 Å². The van der Waals surface area contributed by atoms with Gasteiger partial charge in [0.1, 0.15) is 10.1 Å². The van der Waals surface area contributed by atoms with Crippen molar-refractivity contribution < 1.29 is 19.0 Å². The van der Waals surface area contributed by atoms with Gasteiger partial charge in [-0.1, -0.05) is 56.0 Å². The van der Waals surface area contributed by atoms with Crippen molar-refractivity contribution in [2.45, 2.75) is 47.0 Å². The lowest BCUT2D eigenvalue weighted by atomic mass is 10.0. The van der Waals surface area contributed by atoms with Gasteiger partial charge in [-0.15, -0.1) is 0 Å². The van der Waals surface area contributed by atoms with Gasteiger partial charge in [0.05, 0.1) is 24.7 Å². The number of hydrogen-bond acceptors (Lipinski definition) is 6. The lowest BCUT2D eigenvalue weighted by Crippen LogP contribution is -2.27. The molecule has 0 atom stereocenters. The third-order valence-electron chi connectivity index (χ3n) is 5.35. The monoisotopic (exact) mass is 499 g/mol. The number of rotatable bonds is 11. The summed E-state index contributed by atoms with van der Waals surface area (Å²) in [5, 5.41) is 0. The molecule has 1 amide bonds. The van der Waals surface area contributed by atoms with Gasteiger partial charge in [-0.05, 0) is 67.7 Å². The maximum absolute atomic E-state index is 12.5. The van der Waals surface area contributed by atoms with Crippen LogP contribution in [0.4, 0.5) is 0 Å². The van der Waals surface area contributed by atoms with E-state index in [4.69, 9.17) is 26.4 Å². The maximum atomic E-state index is 12.5. The molecule has 182 valence electrons. The highest BCUT2D eigenvalue weighted by molar-refractivity contribution is 8.26. The van der Waals surface area contributed by atoms with Crippen LogP contribution in [0.1, 0.15) is 56.7 Å². The van der Waals surface area contributed by atoms with Crippen molar-refractivity contribution in [1.82, 2.24) is 4.90 Å². The number of aryl methyl sites for hydroxylation is 1. The third kappa shape index (κ3) is 6.54. The molecule has 3 rings (SSSR count). The Balaban J connectivity index is 1.60. The molecule has 2 aromatic rings. The van der Waals surface area contributed by atoms with Crippen LogP contribution in [0.2, 0.25) is 0 Å². The molecule has 1 aliphatic rings. The molecule has 1 heterocycles. The zero-order valence-electron chi connectivity index (χ0n) is 20.6. The predicted octanol–water partition coefficient (Wildman–Crippen LogP) is 6.59. The Morgan fingerprint density at radius 2 is 1.74 bits per heavy atom. The Hall–Kier alpha value is -2.51. The fraction of sp³-hybridized carbons (Fsp3) is 0.407. The van der Waals surface area contributed by atoms with E-state index in [0.29, 0.717) is 53.0 Å². The van der Waals surface area contributed by atoms with E-state index in [-0.39, 0.29) is 5.91 Å². The van der Waals surface area contributed by atoms with E-state index in [1.165, 1.54) is 22.9 Å². The van der Waals surface area contributed by atoms with Crippen molar-refractivity contribution in [2.24, 2.45) is 0 Å². The summed E-state index contributed by atoms with van der Waals surface area (Å²) in [7, 11) is 0. The largest absolute Gasteiger partial charge is 0.493 e. The summed E-state index contributed by atoms with van der Waals surface area (Å²) in [6, 6.07) is 12.1. The minimum atomic E-state index is -0.0509. The van der Waals surface area contributed by atoms with E-state index >= 15 is 0 Å². The van der Waals surface area contributed by atoms with Crippen LogP contribution in [0.15, 0.2) is 41.3 Å². The number of amides is 1. The smallest absolute Gasteiger partial charge is 0.266 e. The molecule has 1 aliphatic heterocycles. The summed E-state index contributed by atoms with van der Waals surface area (Å²) in [5.41, 5.74) is 3.28. The van der Waals surface area contributed by atoms with Crippen molar-refractivity contribution in [2.75, 3.05) is 26.4 Å². The molecule has 0 N–H and O–H groups in total. The lowest BCUT2D eigenvalue weighted by molar-refractivity contribution is -0.121. The van der Waals surface area contributed by atoms with Crippen LogP contribution in [0, 0.1) is 6.92 Å². The normalized spacial score (nSPS) is 14.9. The first kappa shape index (κ1) is 26.1. The number of carbonyl (C=O) groups excluding carboxylic acids is 1. The molecule has 0 spiro atoms. The number of carbonyl (C=O) groups is 1. The average Bonchev–Trinajstić information content (AvgIpc) is 3.06. The van der Waals surface area contributed by atoms with Gasteiger partial charge in [-0.2, -0.15) is 0 Å². The minimum Gasteiger partial charge on any atom is -0.493 e. The van der Waals surface area contributed by atoms with Gasteiger partial charge in [0.2, 0.25) is 0 Å². The van der Waals surface area contributed by atoms with Crippen molar-refractivity contribution in [3.63, 3.8) is 0 Å². The van der Waals surface area contributed by atoms with E-state index in [1.807, 2.05) is 38.1 Å². The molecule has 7 heteroatoms. The van der Waals surface area contributed by atoms with E-state index in [9.17, 15) is 4.79 Å². The number of ether oxygens (including phenoxy) is 3. The summed E-state index contributed by atoms with van der Waals surface area (Å²) >= 11 is 6.63. The third-order valence-corrected chi connectivity index (χ3v) is 6.73. The summed E-state index contributed by atoms with van der Waals surface area (Å²) in [6.07, 6.45) is 2.60. The van der Waals surface area contributed by atoms with E-state index in [0.717, 1.165) is 17.7 Å². The van der Waals surface area contributed by atoms with E-state index < -0.39 is 0 Å². The highest BCUT2D eigenvalue weighted by Crippen LogP contribution is 2.35. The molecule has 0 aromatic heterocycles. The predicted molar refractivity (Wildman–Crippen MR) is 144 cm³/mol. The highest BCUT2D eigenvalue weighted by atomic mass is 32.2.